The zero-order valence-electron chi connectivity index (χ0n) is 1.96. The maximum atomic E-state index is 0. The third-order valence-corrected chi connectivity index (χ3v) is 0. The molecule has 0 aromatic carbocycles. The van der Waals surface area contributed by atoms with Crippen molar-refractivity contribution in [3.8, 4) is 0 Å². The second kappa shape index (κ2) is 19.0. The molecule has 0 rings (SSSR count). The molecule has 0 spiro atoms. The first kappa shape index (κ1) is 34.9. The summed E-state index contributed by atoms with van der Waals surface area (Å²) in [7, 11) is 0. The van der Waals surface area contributed by atoms with Crippen LogP contribution >= 0.6 is 0 Å². The van der Waals surface area contributed by atoms with Gasteiger partial charge in [0, 0.05) is 0 Å². The Balaban J connectivity index is 0. The van der Waals surface area contributed by atoms with E-state index in [2.05, 4.69) is 0 Å². The van der Waals surface area contributed by atoms with Gasteiger partial charge in [-0.1, -0.05) is 0 Å². The molecule has 0 aromatic heterocycles. The summed E-state index contributed by atoms with van der Waals surface area (Å²) >= 11 is 0. The third kappa shape index (κ3) is 8.89. The summed E-state index contributed by atoms with van der Waals surface area (Å²) in [6.07, 6.45) is 0. The molecule has 4 heavy (non-hydrogen) atoms. The van der Waals surface area contributed by atoms with Gasteiger partial charge in [-0.3, -0.25) is 0 Å². The largest absolute Gasteiger partial charge is 2.00 e. The molecule has 0 fully saturated rings. The van der Waals surface area contributed by atoms with E-state index in [0.29, 0.717) is 0 Å². The summed E-state index contributed by atoms with van der Waals surface area (Å²) in [5.74, 6) is 0. The van der Waals surface area contributed by atoms with Gasteiger partial charge in [-0.05, 0) is 0 Å². The smallest absolute Gasteiger partial charge is 1.00 e. The first-order valence-electron chi connectivity index (χ1n) is 0. The van der Waals surface area contributed by atoms with Gasteiger partial charge in [0.2, 0.25) is 0 Å². The van der Waals surface area contributed by atoms with Crippen LogP contribution in [-0.4, -0.2) is 43.2 Å². The van der Waals surface area contributed by atoms with Crippen LogP contribution in [0.3, 0.4) is 0 Å². The van der Waals surface area contributed by atoms with Crippen LogP contribution in [0, 0.1) is 0 Å². The number of rotatable bonds is 0. The molecule has 0 aromatic rings. The van der Waals surface area contributed by atoms with Crippen molar-refractivity contribution >= 4 is 37.7 Å². The normalized spacial score (nSPS) is 0. The molecule has 0 aliphatic carbocycles. The van der Waals surface area contributed by atoms with Crippen LogP contribution in [-0.2, 0) is 0 Å². The summed E-state index contributed by atoms with van der Waals surface area (Å²) in [4.78, 5) is 0. The van der Waals surface area contributed by atoms with E-state index in [0.717, 1.165) is 0 Å². The minimum atomic E-state index is 0. The van der Waals surface area contributed by atoms with Gasteiger partial charge in [-0.15, -0.1) is 0 Å². The fourth-order valence-corrected chi connectivity index (χ4v) is 0. The van der Waals surface area contributed by atoms with Crippen LogP contribution in [0.25, 0.3) is 0 Å². The van der Waals surface area contributed by atoms with Gasteiger partial charge in [0.05, 0.1) is 0 Å². The average Bonchev–Trinajstić information content (AvgIpc) is 0. The van der Waals surface area contributed by atoms with Crippen molar-refractivity contribution in [2.75, 3.05) is 0 Å². The van der Waals surface area contributed by atoms with Crippen molar-refractivity contribution in [1.82, 2.24) is 0 Å². The van der Waals surface area contributed by atoms with Crippen LogP contribution in [0.1, 0.15) is 0 Å². The van der Waals surface area contributed by atoms with E-state index >= 15 is 0 Å². The molecule has 0 aliphatic heterocycles. The Morgan fingerprint density at radius 3 is 0.750 bits per heavy atom. The fourth-order valence-electron chi connectivity index (χ4n) is 0. The van der Waals surface area contributed by atoms with Crippen LogP contribution in [0.15, 0.2) is 0 Å². The molecule has 4 heteroatoms. The number of halogens is 2. The van der Waals surface area contributed by atoms with Crippen molar-refractivity contribution < 1.29 is 39.4 Å². The van der Waals surface area contributed by atoms with Crippen LogP contribution in [0.2, 0.25) is 0 Å². The van der Waals surface area contributed by atoms with E-state index in [1.807, 2.05) is 0 Å². The van der Waals surface area contributed by atoms with Crippen LogP contribution in [0.5, 0.6) is 0 Å². The van der Waals surface area contributed by atoms with E-state index in [-0.39, 0.29) is 77.2 Å². The molecule has 1 nitrogen and oxygen atoms in total. The molecular weight excluding hydrogens is 216 g/mol. The summed E-state index contributed by atoms with van der Waals surface area (Å²) in [5.41, 5.74) is 0. The first-order valence-corrected chi connectivity index (χ1v) is 0. The van der Waals surface area contributed by atoms with Crippen molar-refractivity contribution in [3.63, 3.8) is 0 Å². The second-order valence-corrected chi connectivity index (χ2v) is 0. The topological polar surface area (TPSA) is 31.5 Å². The Morgan fingerprint density at radius 2 is 0.750 bits per heavy atom. The fraction of sp³-hybridized carbons (Fsp3) is 0. The third-order valence-electron chi connectivity index (χ3n) is 0. The minimum absolute atomic E-state index is 0. The summed E-state index contributed by atoms with van der Waals surface area (Å²) in [6, 6.07) is 0. The Bertz CT molecular complexity index is 6.00. The van der Waals surface area contributed by atoms with E-state index in [9.17, 15) is 0 Å². The minimum Gasteiger partial charge on any atom is -1.00 e. The predicted octanol–water partition coefficient (Wildman–Crippen LogP) is -7.20. The average molecular weight is 218 g/mol. The molecule has 0 aliphatic rings. The zero-order chi connectivity index (χ0) is 0. The van der Waals surface area contributed by atoms with Gasteiger partial charge in [0.1, 0.15) is 0 Å². The quantitative estimate of drug-likeness (QED) is 0.362. The van der Waals surface area contributed by atoms with Gasteiger partial charge in [0.15, 0.2) is 0 Å². The van der Waals surface area contributed by atoms with E-state index in [1.165, 1.54) is 0 Å². The van der Waals surface area contributed by atoms with Crippen LogP contribution in [0.4, 0.5) is 0 Å². The molecule has 0 unspecified atom stereocenters. The Morgan fingerprint density at radius 1 is 0.750 bits per heavy atom. The summed E-state index contributed by atoms with van der Waals surface area (Å²) < 4.78 is 0. The molecule has 0 bridgehead atoms. The van der Waals surface area contributed by atoms with Gasteiger partial charge in [0.25, 0.3) is 0 Å². The summed E-state index contributed by atoms with van der Waals surface area (Å²) in [6.45, 7) is 0. The predicted molar refractivity (Wildman–Crippen MR) is 9.37 cm³/mol. The SMILES string of the molecule is O.[Br-].[Br-].[Ca+2]. The zero-order valence-corrected chi connectivity index (χ0v) is 7.34. The van der Waals surface area contributed by atoms with Gasteiger partial charge >= 0.3 is 37.7 Å². The standard InChI is InChI=1S/2BrH.Ca.H2O/h2*1H;;1H2/q;;+2;/p-2. The molecule has 24 valence electrons. The maximum absolute atomic E-state index is 0. The summed E-state index contributed by atoms with van der Waals surface area (Å²) in [5, 5.41) is 0. The maximum Gasteiger partial charge on any atom is 2.00 e. The van der Waals surface area contributed by atoms with Crippen molar-refractivity contribution in [3.05, 3.63) is 0 Å². The Kier molecular flexibility index (Phi) is 166. The van der Waals surface area contributed by atoms with Crippen molar-refractivity contribution in [2.45, 2.75) is 0 Å². The molecule has 0 saturated carbocycles. The van der Waals surface area contributed by atoms with E-state index in [1.54, 1.807) is 0 Å². The monoisotopic (exact) mass is 216 g/mol. The van der Waals surface area contributed by atoms with Crippen molar-refractivity contribution in [1.29, 1.82) is 0 Å². The number of hydrogen-bond donors (Lipinski definition) is 0. The van der Waals surface area contributed by atoms with E-state index < -0.39 is 0 Å². The van der Waals surface area contributed by atoms with Gasteiger partial charge < -0.3 is 39.4 Å². The Labute approximate surface area is 76.0 Å². The van der Waals surface area contributed by atoms with E-state index in [4.69, 9.17) is 0 Å². The van der Waals surface area contributed by atoms with Gasteiger partial charge in [-0.2, -0.15) is 0 Å². The van der Waals surface area contributed by atoms with Gasteiger partial charge in [-0.25, -0.2) is 0 Å². The molecule has 0 heterocycles. The molecule has 0 atom stereocenters. The molecule has 0 amide bonds. The number of hydrogen-bond acceptors (Lipinski definition) is 0. The Hall–Kier alpha value is 2.18. The first-order chi connectivity index (χ1) is 0. The molecule has 2 N–H and O–H groups in total. The van der Waals surface area contributed by atoms with Crippen molar-refractivity contribution in [2.24, 2.45) is 0 Å². The molecule has 0 saturated heterocycles. The van der Waals surface area contributed by atoms with Crippen LogP contribution < -0.4 is 34.0 Å². The second-order valence-electron chi connectivity index (χ2n) is 0. The molecule has 0 radical (unpaired) electrons. The molecular formula is H2Br2CaO.